The fourth-order valence-corrected chi connectivity index (χ4v) is 1.56. The first-order valence-corrected chi connectivity index (χ1v) is 5.27. The van der Waals surface area contributed by atoms with Gasteiger partial charge in [0.25, 0.3) is 0 Å². The van der Waals surface area contributed by atoms with E-state index in [1.54, 1.807) is 0 Å². The molecule has 0 saturated heterocycles. The van der Waals surface area contributed by atoms with Crippen molar-refractivity contribution in [3.8, 4) is 11.3 Å². The topological polar surface area (TPSA) is 30.2 Å². The number of alkyl halides is 3. The molecule has 2 aromatic rings. The van der Waals surface area contributed by atoms with Gasteiger partial charge in [-0.1, -0.05) is 0 Å². The van der Waals surface area contributed by atoms with Gasteiger partial charge >= 0.3 is 6.18 Å². The first-order valence-electron chi connectivity index (χ1n) is 5.27. The van der Waals surface area contributed by atoms with Crippen molar-refractivity contribution in [2.45, 2.75) is 13.1 Å². The van der Waals surface area contributed by atoms with Gasteiger partial charge in [-0.2, -0.15) is 13.2 Å². The Labute approximate surface area is 105 Å². The van der Waals surface area contributed by atoms with Gasteiger partial charge in [-0.15, -0.1) is 0 Å². The lowest BCUT2D eigenvalue weighted by molar-refractivity contribution is -0.137. The molecule has 0 fully saturated rings. The third-order valence-electron chi connectivity index (χ3n) is 2.51. The molecule has 0 aliphatic carbocycles. The van der Waals surface area contributed by atoms with Crippen LogP contribution in [0, 0.1) is 5.82 Å². The molecule has 1 aromatic heterocycles. The fourth-order valence-electron chi connectivity index (χ4n) is 1.56. The zero-order valence-electron chi connectivity index (χ0n) is 9.72. The van der Waals surface area contributed by atoms with Crippen LogP contribution in [0.15, 0.2) is 34.7 Å². The molecule has 0 spiro atoms. The van der Waals surface area contributed by atoms with Gasteiger partial charge in [0.1, 0.15) is 11.6 Å². The molecule has 0 bridgehead atoms. The van der Waals surface area contributed by atoms with E-state index >= 15 is 0 Å². The maximum absolute atomic E-state index is 13.5. The van der Waals surface area contributed by atoms with Crippen molar-refractivity contribution >= 4 is 5.78 Å². The molecule has 0 aliphatic heterocycles. The number of carbonyl (C=O) groups is 1. The van der Waals surface area contributed by atoms with Crippen molar-refractivity contribution in [1.29, 1.82) is 0 Å². The second-order valence-corrected chi connectivity index (χ2v) is 3.91. The van der Waals surface area contributed by atoms with E-state index in [9.17, 15) is 22.4 Å². The molecule has 1 heterocycles. The van der Waals surface area contributed by atoms with Crippen LogP contribution in [0.25, 0.3) is 11.3 Å². The normalized spacial score (nSPS) is 11.6. The van der Waals surface area contributed by atoms with Crippen LogP contribution in [0.5, 0.6) is 0 Å². The minimum absolute atomic E-state index is 0.0354. The van der Waals surface area contributed by atoms with Crippen molar-refractivity contribution in [3.05, 3.63) is 47.5 Å². The third-order valence-corrected chi connectivity index (χ3v) is 2.51. The zero-order chi connectivity index (χ0) is 14.2. The summed E-state index contributed by atoms with van der Waals surface area (Å²) in [4.78, 5) is 11.0. The molecule has 0 aliphatic rings. The molecule has 0 radical (unpaired) electrons. The number of ketones is 1. The average Bonchev–Trinajstić information content (AvgIpc) is 2.77. The number of rotatable bonds is 2. The molecule has 1 aromatic carbocycles. The van der Waals surface area contributed by atoms with Crippen molar-refractivity contribution in [1.82, 2.24) is 0 Å². The number of hydrogen-bond donors (Lipinski definition) is 0. The van der Waals surface area contributed by atoms with E-state index in [0.717, 1.165) is 0 Å². The first-order chi connectivity index (χ1) is 8.79. The molecule has 2 rings (SSSR count). The van der Waals surface area contributed by atoms with Crippen molar-refractivity contribution < 1.29 is 26.8 Å². The number of Topliss-reactive ketones (excluding diaryl/α,β-unsaturated/α-hetero) is 1. The Morgan fingerprint density at radius 1 is 1.16 bits per heavy atom. The van der Waals surface area contributed by atoms with E-state index in [1.165, 1.54) is 19.1 Å². The standard InChI is InChI=1S/C13H8F4O2/c1-7(18)11-4-5-12(19-11)9-6-8(13(15,16)17)2-3-10(9)14/h2-6H,1H3. The summed E-state index contributed by atoms with van der Waals surface area (Å²) in [5.41, 5.74) is -1.31. The van der Waals surface area contributed by atoms with E-state index in [0.29, 0.717) is 18.2 Å². The Morgan fingerprint density at radius 2 is 1.84 bits per heavy atom. The van der Waals surface area contributed by atoms with Gasteiger partial charge < -0.3 is 4.42 Å². The summed E-state index contributed by atoms with van der Waals surface area (Å²) in [5.74, 6) is -1.39. The smallest absolute Gasteiger partial charge is 0.416 e. The van der Waals surface area contributed by atoms with Crippen LogP contribution in [0.4, 0.5) is 17.6 Å². The SMILES string of the molecule is CC(=O)c1ccc(-c2cc(C(F)(F)F)ccc2F)o1. The van der Waals surface area contributed by atoms with Gasteiger partial charge in [-0.25, -0.2) is 4.39 Å². The Morgan fingerprint density at radius 3 is 2.37 bits per heavy atom. The largest absolute Gasteiger partial charge is 0.453 e. The molecule has 100 valence electrons. The highest BCUT2D eigenvalue weighted by Gasteiger charge is 2.31. The van der Waals surface area contributed by atoms with Crippen molar-refractivity contribution in [3.63, 3.8) is 0 Å². The van der Waals surface area contributed by atoms with Crippen molar-refractivity contribution in [2.24, 2.45) is 0 Å². The number of halogens is 4. The molecule has 0 N–H and O–H groups in total. The van der Waals surface area contributed by atoms with Gasteiger partial charge in [-0.3, -0.25) is 4.79 Å². The summed E-state index contributed by atoms with van der Waals surface area (Å²) in [5, 5.41) is 0. The van der Waals surface area contributed by atoms with E-state index in [2.05, 4.69) is 0 Å². The quantitative estimate of drug-likeness (QED) is 0.602. The molecule has 6 heteroatoms. The van der Waals surface area contributed by atoms with Gasteiger partial charge in [0, 0.05) is 6.92 Å². The highest BCUT2D eigenvalue weighted by molar-refractivity contribution is 5.91. The average molecular weight is 272 g/mol. The summed E-state index contributed by atoms with van der Waals surface area (Å²) < 4.78 is 56.2. The second kappa shape index (κ2) is 4.53. The lowest BCUT2D eigenvalue weighted by Gasteiger charge is -2.08. The second-order valence-electron chi connectivity index (χ2n) is 3.91. The monoisotopic (exact) mass is 272 g/mol. The van der Waals surface area contributed by atoms with Crippen LogP contribution in [-0.2, 0) is 6.18 Å². The molecule has 0 amide bonds. The van der Waals surface area contributed by atoms with Crippen LogP contribution in [0.3, 0.4) is 0 Å². The van der Waals surface area contributed by atoms with Gasteiger partial charge in [0.05, 0.1) is 11.1 Å². The van der Waals surface area contributed by atoms with Gasteiger partial charge in [0.2, 0.25) is 0 Å². The van der Waals surface area contributed by atoms with Crippen LogP contribution in [0.2, 0.25) is 0 Å². The van der Waals surface area contributed by atoms with Crippen LogP contribution < -0.4 is 0 Å². The molecular weight excluding hydrogens is 264 g/mol. The number of furan rings is 1. The Balaban J connectivity index is 2.51. The summed E-state index contributed by atoms with van der Waals surface area (Å²) in [6.07, 6.45) is -4.57. The van der Waals surface area contributed by atoms with Gasteiger partial charge in [0.15, 0.2) is 11.5 Å². The molecule has 2 nitrogen and oxygen atoms in total. The Hall–Kier alpha value is -2.11. The van der Waals surface area contributed by atoms with Crippen LogP contribution in [-0.4, -0.2) is 5.78 Å². The Kier molecular flexibility index (Phi) is 3.18. The molecular formula is C13H8F4O2. The zero-order valence-corrected chi connectivity index (χ0v) is 9.72. The fraction of sp³-hybridized carbons (Fsp3) is 0.154. The maximum Gasteiger partial charge on any atom is 0.416 e. The number of carbonyl (C=O) groups excluding carboxylic acids is 1. The summed E-state index contributed by atoms with van der Waals surface area (Å²) in [7, 11) is 0. The van der Waals surface area contributed by atoms with E-state index < -0.39 is 23.3 Å². The van der Waals surface area contributed by atoms with E-state index in [4.69, 9.17) is 4.42 Å². The molecule has 0 saturated carbocycles. The third kappa shape index (κ3) is 2.67. The Bertz CT molecular complexity index is 626. The van der Waals surface area contributed by atoms with E-state index in [1.807, 2.05) is 0 Å². The summed E-state index contributed by atoms with van der Waals surface area (Å²) in [6.45, 7) is 1.24. The highest BCUT2D eigenvalue weighted by Crippen LogP contribution is 2.34. The number of benzene rings is 1. The van der Waals surface area contributed by atoms with Gasteiger partial charge in [-0.05, 0) is 30.3 Å². The van der Waals surface area contributed by atoms with Crippen molar-refractivity contribution in [2.75, 3.05) is 0 Å². The number of hydrogen-bond acceptors (Lipinski definition) is 2. The van der Waals surface area contributed by atoms with Crippen LogP contribution >= 0.6 is 0 Å². The van der Waals surface area contributed by atoms with Crippen LogP contribution in [0.1, 0.15) is 23.0 Å². The molecule has 19 heavy (non-hydrogen) atoms. The predicted octanol–water partition coefficient (Wildman–Crippen LogP) is 4.31. The maximum atomic E-state index is 13.5. The predicted molar refractivity (Wildman–Crippen MR) is 59.1 cm³/mol. The molecule has 0 atom stereocenters. The van der Waals surface area contributed by atoms with E-state index in [-0.39, 0.29) is 17.1 Å². The summed E-state index contributed by atoms with van der Waals surface area (Å²) in [6, 6.07) is 4.56. The minimum Gasteiger partial charge on any atom is -0.453 e. The lowest BCUT2D eigenvalue weighted by Crippen LogP contribution is -2.05. The first kappa shape index (κ1) is 13.3. The summed E-state index contributed by atoms with van der Waals surface area (Å²) >= 11 is 0. The minimum atomic E-state index is -4.57. The highest BCUT2D eigenvalue weighted by atomic mass is 19.4. The molecule has 0 unspecified atom stereocenters. The lowest BCUT2D eigenvalue weighted by atomic mass is 10.1.